The molecule has 1 aliphatic heterocycles. The molecule has 9 heavy (non-hydrogen) atoms. The third kappa shape index (κ3) is 1.37. The Morgan fingerprint density at radius 1 is 1.67 bits per heavy atom. The van der Waals surface area contributed by atoms with Gasteiger partial charge < -0.3 is 5.73 Å². The second-order valence-corrected chi connectivity index (χ2v) is 1.99. The molecule has 0 saturated carbocycles. The van der Waals surface area contributed by atoms with Gasteiger partial charge in [0.25, 0.3) is 0 Å². The summed E-state index contributed by atoms with van der Waals surface area (Å²) in [5.41, 5.74) is 5.63. The summed E-state index contributed by atoms with van der Waals surface area (Å²) in [7, 11) is 1.85. The standard InChI is InChI=1S/C6H11N3/c1-8-6-5(7)3-2-4-9-6/h2-6,8H,7H2,1H3. The molecule has 1 rings (SSSR count). The highest BCUT2D eigenvalue weighted by atomic mass is 15.1. The second-order valence-electron chi connectivity index (χ2n) is 1.99. The first kappa shape index (κ1) is 6.45. The molecule has 2 atom stereocenters. The highest BCUT2D eigenvalue weighted by Gasteiger charge is 2.11. The minimum atomic E-state index is 0.0278. The molecule has 0 aromatic carbocycles. The summed E-state index contributed by atoms with van der Waals surface area (Å²) in [6, 6.07) is 0.0278. The molecule has 0 aliphatic carbocycles. The van der Waals surface area contributed by atoms with Crippen LogP contribution in [0.25, 0.3) is 0 Å². The maximum atomic E-state index is 5.63. The number of nitrogens with two attached hydrogens (primary N) is 1. The first-order chi connectivity index (χ1) is 4.34. The third-order valence-electron chi connectivity index (χ3n) is 1.33. The summed E-state index contributed by atoms with van der Waals surface area (Å²) in [5.74, 6) is 0. The number of allylic oxidation sites excluding steroid dienone is 1. The molecule has 0 fully saturated rings. The highest BCUT2D eigenvalue weighted by molar-refractivity contribution is 5.72. The second kappa shape index (κ2) is 2.75. The van der Waals surface area contributed by atoms with Crippen molar-refractivity contribution in [3.63, 3.8) is 0 Å². The molecule has 0 spiro atoms. The molecule has 1 heterocycles. The van der Waals surface area contributed by atoms with Crippen LogP contribution in [0.3, 0.4) is 0 Å². The van der Waals surface area contributed by atoms with Gasteiger partial charge in [0.1, 0.15) is 6.17 Å². The normalized spacial score (nSPS) is 33.1. The van der Waals surface area contributed by atoms with Crippen LogP contribution in [-0.2, 0) is 0 Å². The van der Waals surface area contributed by atoms with E-state index < -0.39 is 0 Å². The summed E-state index contributed by atoms with van der Waals surface area (Å²) in [6.45, 7) is 0. The van der Waals surface area contributed by atoms with Crippen molar-refractivity contribution in [1.82, 2.24) is 5.32 Å². The number of hydrogen-bond donors (Lipinski definition) is 2. The fourth-order valence-electron chi connectivity index (χ4n) is 0.792. The molecular weight excluding hydrogens is 114 g/mol. The van der Waals surface area contributed by atoms with E-state index in [1.807, 2.05) is 19.2 Å². The Kier molecular flexibility index (Phi) is 1.97. The van der Waals surface area contributed by atoms with Gasteiger partial charge in [-0.2, -0.15) is 0 Å². The van der Waals surface area contributed by atoms with Crippen molar-refractivity contribution in [2.45, 2.75) is 12.2 Å². The van der Waals surface area contributed by atoms with Gasteiger partial charge in [-0.3, -0.25) is 10.3 Å². The number of aliphatic imine (C=N–C) groups is 1. The van der Waals surface area contributed by atoms with E-state index in [-0.39, 0.29) is 12.2 Å². The van der Waals surface area contributed by atoms with Crippen LogP contribution in [0.4, 0.5) is 0 Å². The van der Waals surface area contributed by atoms with Crippen LogP contribution in [0, 0.1) is 0 Å². The Hall–Kier alpha value is -0.670. The maximum absolute atomic E-state index is 5.63. The van der Waals surface area contributed by atoms with E-state index in [0.717, 1.165) is 0 Å². The monoisotopic (exact) mass is 125 g/mol. The van der Waals surface area contributed by atoms with E-state index in [2.05, 4.69) is 10.3 Å². The van der Waals surface area contributed by atoms with Crippen molar-refractivity contribution < 1.29 is 0 Å². The summed E-state index contributed by atoms with van der Waals surface area (Å²) in [5, 5.41) is 2.98. The van der Waals surface area contributed by atoms with E-state index in [4.69, 9.17) is 5.73 Å². The summed E-state index contributed by atoms with van der Waals surface area (Å²) >= 11 is 0. The molecule has 3 nitrogen and oxygen atoms in total. The maximum Gasteiger partial charge on any atom is 0.118 e. The van der Waals surface area contributed by atoms with E-state index in [1.54, 1.807) is 6.21 Å². The number of likely N-dealkylation sites (N-methyl/N-ethyl adjacent to an activating group) is 1. The van der Waals surface area contributed by atoms with Gasteiger partial charge in [-0.15, -0.1) is 0 Å². The summed E-state index contributed by atoms with van der Waals surface area (Å²) < 4.78 is 0. The third-order valence-corrected chi connectivity index (χ3v) is 1.33. The number of dihydropyridines is 1. The fraction of sp³-hybridized carbons (Fsp3) is 0.500. The molecule has 50 valence electrons. The van der Waals surface area contributed by atoms with Crippen LogP contribution in [0.2, 0.25) is 0 Å². The molecule has 0 radical (unpaired) electrons. The molecule has 0 saturated heterocycles. The summed E-state index contributed by atoms with van der Waals surface area (Å²) in [6.07, 6.45) is 5.60. The molecular formula is C6H11N3. The van der Waals surface area contributed by atoms with Gasteiger partial charge in [0.05, 0.1) is 6.04 Å². The van der Waals surface area contributed by atoms with Crippen molar-refractivity contribution in [1.29, 1.82) is 0 Å². The van der Waals surface area contributed by atoms with Crippen LogP contribution in [0.5, 0.6) is 0 Å². The van der Waals surface area contributed by atoms with Crippen molar-refractivity contribution in [2.75, 3.05) is 7.05 Å². The van der Waals surface area contributed by atoms with Gasteiger partial charge in [-0.25, -0.2) is 0 Å². The zero-order chi connectivity index (χ0) is 6.69. The lowest BCUT2D eigenvalue weighted by molar-refractivity contribution is 0.530. The van der Waals surface area contributed by atoms with Crippen LogP contribution in [-0.4, -0.2) is 25.5 Å². The predicted molar refractivity (Wildman–Crippen MR) is 38.5 cm³/mol. The van der Waals surface area contributed by atoms with Gasteiger partial charge in [-0.05, 0) is 13.1 Å². The molecule has 2 unspecified atom stereocenters. The van der Waals surface area contributed by atoms with Crippen molar-refractivity contribution >= 4 is 6.21 Å². The average molecular weight is 125 g/mol. The Balaban J connectivity index is 2.55. The van der Waals surface area contributed by atoms with Gasteiger partial charge in [0.2, 0.25) is 0 Å². The minimum Gasteiger partial charge on any atom is -0.322 e. The summed E-state index contributed by atoms with van der Waals surface area (Å²) in [4.78, 5) is 4.08. The van der Waals surface area contributed by atoms with Crippen LogP contribution in [0.15, 0.2) is 17.1 Å². The van der Waals surface area contributed by atoms with Gasteiger partial charge in [-0.1, -0.05) is 6.08 Å². The van der Waals surface area contributed by atoms with E-state index in [9.17, 15) is 0 Å². The minimum absolute atomic E-state index is 0.0278. The molecule has 0 aromatic rings. The van der Waals surface area contributed by atoms with Crippen molar-refractivity contribution in [3.8, 4) is 0 Å². The smallest absolute Gasteiger partial charge is 0.118 e. The Morgan fingerprint density at radius 2 is 2.44 bits per heavy atom. The van der Waals surface area contributed by atoms with Crippen LogP contribution in [0.1, 0.15) is 0 Å². The lowest BCUT2D eigenvalue weighted by Crippen LogP contribution is -2.41. The molecule has 0 bridgehead atoms. The van der Waals surface area contributed by atoms with E-state index >= 15 is 0 Å². The predicted octanol–water partition coefficient (Wildman–Crippen LogP) is -0.500. The van der Waals surface area contributed by atoms with Gasteiger partial charge in [0.15, 0.2) is 0 Å². The van der Waals surface area contributed by atoms with E-state index in [1.165, 1.54) is 0 Å². The highest BCUT2D eigenvalue weighted by Crippen LogP contribution is 1.97. The quantitative estimate of drug-likeness (QED) is 0.496. The Morgan fingerprint density at radius 3 is 2.89 bits per heavy atom. The number of hydrogen-bond acceptors (Lipinski definition) is 3. The zero-order valence-corrected chi connectivity index (χ0v) is 5.41. The Bertz CT molecular complexity index is 139. The fourth-order valence-corrected chi connectivity index (χ4v) is 0.792. The molecule has 3 N–H and O–H groups in total. The number of nitrogens with zero attached hydrogens (tertiary/aromatic N) is 1. The van der Waals surface area contributed by atoms with Crippen LogP contribution < -0.4 is 11.1 Å². The molecule has 0 amide bonds. The largest absolute Gasteiger partial charge is 0.322 e. The first-order valence-corrected chi connectivity index (χ1v) is 2.97. The molecule has 0 aromatic heterocycles. The SMILES string of the molecule is CNC1N=CC=CC1N. The number of rotatable bonds is 1. The zero-order valence-electron chi connectivity index (χ0n) is 5.41. The first-order valence-electron chi connectivity index (χ1n) is 2.97. The molecule has 1 aliphatic rings. The van der Waals surface area contributed by atoms with Crippen molar-refractivity contribution in [2.24, 2.45) is 10.7 Å². The Labute approximate surface area is 54.7 Å². The van der Waals surface area contributed by atoms with Gasteiger partial charge >= 0.3 is 0 Å². The van der Waals surface area contributed by atoms with Gasteiger partial charge in [0, 0.05) is 6.21 Å². The van der Waals surface area contributed by atoms with Crippen LogP contribution >= 0.6 is 0 Å². The molecule has 3 heteroatoms. The number of nitrogens with one attached hydrogen (secondary N) is 1. The average Bonchev–Trinajstić information content (AvgIpc) is 1.89. The van der Waals surface area contributed by atoms with Crippen molar-refractivity contribution in [3.05, 3.63) is 12.2 Å². The lowest BCUT2D eigenvalue weighted by atomic mass is 10.2. The lowest BCUT2D eigenvalue weighted by Gasteiger charge is -2.17. The topological polar surface area (TPSA) is 50.4 Å². The van der Waals surface area contributed by atoms with E-state index in [0.29, 0.717) is 0 Å².